The molecule has 6 nitrogen and oxygen atoms in total. The lowest BCUT2D eigenvalue weighted by Gasteiger charge is -2.34. The fourth-order valence-electron chi connectivity index (χ4n) is 3.18. The van der Waals surface area contributed by atoms with E-state index < -0.39 is 0 Å². The van der Waals surface area contributed by atoms with Crippen LogP contribution in [0.5, 0.6) is 0 Å². The Balaban J connectivity index is 1.94. The number of rotatable bonds is 2. The van der Waals surface area contributed by atoms with Crippen molar-refractivity contribution in [3.63, 3.8) is 0 Å². The Morgan fingerprint density at radius 2 is 2.00 bits per heavy atom. The first kappa shape index (κ1) is 11.6. The third-order valence-corrected chi connectivity index (χ3v) is 4.23. The van der Waals surface area contributed by atoms with E-state index in [4.69, 9.17) is 4.42 Å². The monoisotopic (exact) mass is 269 g/mol. The second-order valence-electron chi connectivity index (χ2n) is 5.21. The zero-order chi connectivity index (χ0) is 13.4. The van der Waals surface area contributed by atoms with E-state index in [2.05, 4.69) is 32.0 Å². The van der Waals surface area contributed by atoms with Crippen LogP contribution in [0, 0.1) is 0 Å². The van der Waals surface area contributed by atoms with Crippen molar-refractivity contribution in [3.05, 3.63) is 41.9 Å². The molecule has 1 aliphatic heterocycles. The molecule has 1 aromatic carbocycles. The summed E-state index contributed by atoms with van der Waals surface area (Å²) in [5.74, 6) is 0.755. The van der Waals surface area contributed by atoms with Gasteiger partial charge in [0.25, 0.3) is 0 Å². The Labute approximate surface area is 115 Å². The Morgan fingerprint density at radius 3 is 2.80 bits per heavy atom. The minimum absolute atomic E-state index is 0.217. The molecule has 0 unspecified atom stereocenters. The molecule has 6 heteroatoms. The zero-order valence-corrected chi connectivity index (χ0v) is 11.0. The van der Waals surface area contributed by atoms with Gasteiger partial charge >= 0.3 is 0 Å². The largest absolute Gasteiger partial charge is 0.464 e. The topological polar surface area (TPSA) is 79.6 Å². The van der Waals surface area contributed by atoms with Crippen LogP contribution in [0.4, 0.5) is 0 Å². The molecular weight excluding hydrogens is 254 g/mol. The summed E-state index contributed by atoms with van der Waals surface area (Å²) in [5.41, 5.74) is 1.85. The van der Waals surface area contributed by atoms with Gasteiger partial charge in [-0.25, -0.2) is 0 Å². The van der Waals surface area contributed by atoms with Gasteiger partial charge in [0.2, 0.25) is 0 Å². The predicted molar refractivity (Wildman–Crippen MR) is 73.3 cm³/mol. The standard InChI is InChI=1S/C14H15N5O/c1-2-4-12-10(3-1)11(9-20-12)14(5-7-15-8-6-14)13-16-18-19-17-13/h1-4,9,15H,5-8H2,(H,16,17,18,19). The highest BCUT2D eigenvalue weighted by atomic mass is 16.3. The first-order chi connectivity index (χ1) is 9.90. The Bertz CT molecular complexity index is 712. The summed E-state index contributed by atoms with van der Waals surface area (Å²) in [4.78, 5) is 0. The van der Waals surface area contributed by atoms with Crippen LogP contribution in [0.1, 0.15) is 24.2 Å². The molecule has 0 saturated carbocycles. The van der Waals surface area contributed by atoms with Crippen molar-refractivity contribution < 1.29 is 4.42 Å². The van der Waals surface area contributed by atoms with Crippen molar-refractivity contribution in [2.75, 3.05) is 13.1 Å². The lowest BCUT2D eigenvalue weighted by Crippen LogP contribution is -2.41. The lowest BCUT2D eigenvalue weighted by atomic mass is 9.72. The van der Waals surface area contributed by atoms with Gasteiger partial charge in [-0.2, -0.15) is 5.21 Å². The zero-order valence-electron chi connectivity index (χ0n) is 11.0. The first-order valence-corrected chi connectivity index (χ1v) is 6.81. The van der Waals surface area contributed by atoms with Crippen molar-refractivity contribution >= 4 is 11.0 Å². The summed E-state index contributed by atoms with van der Waals surface area (Å²) in [6, 6.07) is 8.10. The number of fused-ring (bicyclic) bond motifs is 1. The molecule has 0 amide bonds. The van der Waals surface area contributed by atoms with Gasteiger partial charge in [-0.15, -0.1) is 10.2 Å². The van der Waals surface area contributed by atoms with Gasteiger partial charge in [-0.1, -0.05) is 23.4 Å². The molecule has 3 aromatic rings. The van der Waals surface area contributed by atoms with E-state index in [0.29, 0.717) is 0 Å². The van der Waals surface area contributed by atoms with Crippen LogP contribution in [-0.4, -0.2) is 33.7 Å². The smallest absolute Gasteiger partial charge is 0.185 e. The highest BCUT2D eigenvalue weighted by Gasteiger charge is 2.41. The van der Waals surface area contributed by atoms with Crippen molar-refractivity contribution in [2.24, 2.45) is 0 Å². The van der Waals surface area contributed by atoms with E-state index in [1.165, 1.54) is 0 Å². The highest BCUT2D eigenvalue weighted by Crippen LogP contribution is 2.42. The van der Waals surface area contributed by atoms with Crippen molar-refractivity contribution in [1.29, 1.82) is 0 Å². The van der Waals surface area contributed by atoms with Crippen LogP contribution in [0.3, 0.4) is 0 Å². The first-order valence-electron chi connectivity index (χ1n) is 6.81. The van der Waals surface area contributed by atoms with Crippen LogP contribution < -0.4 is 5.32 Å². The van der Waals surface area contributed by atoms with Crippen molar-refractivity contribution in [3.8, 4) is 0 Å². The predicted octanol–water partition coefficient (Wildman–Crippen LogP) is 1.62. The van der Waals surface area contributed by atoms with Crippen LogP contribution >= 0.6 is 0 Å². The number of H-pyrrole nitrogens is 1. The van der Waals surface area contributed by atoms with E-state index in [9.17, 15) is 0 Å². The number of nitrogens with zero attached hydrogens (tertiary/aromatic N) is 3. The summed E-state index contributed by atoms with van der Waals surface area (Å²) in [6.45, 7) is 1.88. The molecule has 1 saturated heterocycles. The summed E-state index contributed by atoms with van der Waals surface area (Å²) in [5, 5.41) is 19.4. The van der Waals surface area contributed by atoms with E-state index in [0.717, 1.165) is 48.3 Å². The van der Waals surface area contributed by atoms with E-state index in [1.807, 2.05) is 24.5 Å². The van der Waals surface area contributed by atoms with Gasteiger partial charge in [-0.3, -0.25) is 0 Å². The Morgan fingerprint density at radius 1 is 1.15 bits per heavy atom. The molecule has 1 fully saturated rings. The fraction of sp³-hybridized carbons (Fsp3) is 0.357. The number of nitrogens with one attached hydrogen (secondary N) is 2. The maximum absolute atomic E-state index is 5.72. The molecule has 0 spiro atoms. The lowest BCUT2D eigenvalue weighted by molar-refractivity contribution is 0.345. The van der Waals surface area contributed by atoms with E-state index in [1.54, 1.807) is 0 Å². The molecule has 2 N–H and O–H groups in total. The number of tetrazole rings is 1. The van der Waals surface area contributed by atoms with Gasteiger partial charge in [0, 0.05) is 10.9 Å². The molecule has 102 valence electrons. The van der Waals surface area contributed by atoms with Crippen LogP contribution in [0.15, 0.2) is 34.9 Å². The second-order valence-corrected chi connectivity index (χ2v) is 5.21. The summed E-state index contributed by atoms with van der Waals surface area (Å²) in [7, 11) is 0. The summed E-state index contributed by atoms with van der Waals surface area (Å²) >= 11 is 0. The van der Waals surface area contributed by atoms with Crippen molar-refractivity contribution in [1.82, 2.24) is 25.9 Å². The van der Waals surface area contributed by atoms with Gasteiger partial charge in [-0.05, 0) is 32.0 Å². The third kappa shape index (κ3) is 1.58. The number of furan rings is 1. The van der Waals surface area contributed by atoms with E-state index >= 15 is 0 Å². The maximum atomic E-state index is 5.72. The third-order valence-electron chi connectivity index (χ3n) is 4.23. The van der Waals surface area contributed by atoms with Gasteiger partial charge in [0.1, 0.15) is 5.58 Å². The second kappa shape index (κ2) is 4.42. The number of aromatic nitrogens is 4. The maximum Gasteiger partial charge on any atom is 0.185 e. The molecule has 0 aliphatic carbocycles. The SMILES string of the molecule is c1ccc2c(C3(c4nn[nH]n4)CCNCC3)coc2c1. The van der Waals surface area contributed by atoms with Gasteiger partial charge < -0.3 is 9.73 Å². The Kier molecular flexibility index (Phi) is 2.56. The Hall–Kier alpha value is -2.21. The number of hydrogen-bond donors (Lipinski definition) is 2. The van der Waals surface area contributed by atoms with Gasteiger partial charge in [0.15, 0.2) is 5.82 Å². The van der Waals surface area contributed by atoms with Crippen molar-refractivity contribution in [2.45, 2.75) is 18.3 Å². The number of piperidine rings is 1. The number of aromatic amines is 1. The summed E-state index contributed by atoms with van der Waals surface area (Å²) < 4.78 is 5.72. The minimum atomic E-state index is -0.217. The molecule has 20 heavy (non-hydrogen) atoms. The average molecular weight is 269 g/mol. The summed E-state index contributed by atoms with van der Waals surface area (Å²) in [6.07, 6.45) is 3.73. The van der Waals surface area contributed by atoms with E-state index in [-0.39, 0.29) is 5.41 Å². The molecule has 2 aromatic heterocycles. The highest BCUT2D eigenvalue weighted by molar-refractivity contribution is 5.82. The van der Waals surface area contributed by atoms with Crippen LogP contribution in [-0.2, 0) is 5.41 Å². The molecule has 1 aliphatic rings. The quantitative estimate of drug-likeness (QED) is 0.739. The normalized spacial score (nSPS) is 18.4. The van der Waals surface area contributed by atoms with Gasteiger partial charge in [0.05, 0.1) is 11.7 Å². The number of para-hydroxylation sites is 1. The molecular formula is C14H15N5O. The molecule has 3 heterocycles. The minimum Gasteiger partial charge on any atom is -0.464 e. The molecule has 0 atom stereocenters. The average Bonchev–Trinajstić information content (AvgIpc) is 3.18. The molecule has 0 radical (unpaired) electrons. The number of hydrogen-bond acceptors (Lipinski definition) is 5. The van der Waals surface area contributed by atoms with Crippen LogP contribution in [0.2, 0.25) is 0 Å². The number of benzene rings is 1. The fourth-order valence-corrected chi connectivity index (χ4v) is 3.18. The molecule has 4 rings (SSSR count). The van der Waals surface area contributed by atoms with Crippen LogP contribution in [0.25, 0.3) is 11.0 Å². The molecule has 0 bridgehead atoms.